The van der Waals surface area contributed by atoms with Crippen LogP contribution in [0.4, 0.5) is 5.82 Å². The average molecular weight is 401 g/mol. The molecule has 0 spiro atoms. The van der Waals surface area contributed by atoms with Crippen LogP contribution in [0.3, 0.4) is 0 Å². The van der Waals surface area contributed by atoms with Crippen LogP contribution in [0, 0.1) is 0 Å². The first-order valence-corrected chi connectivity index (χ1v) is 10.4. The van der Waals surface area contributed by atoms with Gasteiger partial charge in [-0.25, -0.2) is 13.4 Å². The smallest absolute Gasteiger partial charge is 0.259 e. The molecule has 0 saturated carbocycles. The molecule has 3 rings (SSSR count). The van der Waals surface area contributed by atoms with E-state index in [4.69, 9.17) is 11.6 Å². The normalized spacial score (nSPS) is 11.2. The minimum atomic E-state index is -3.27. The van der Waals surface area contributed by atoms with Gasteiger partial charge < -0.3 is 0 Å². The molecular weight excluding hydrogens is 384 g/mol. The molecule has 1 aromatic heterocycles. The van der Waals surface area contributed by atoms with Gasteiger partial charge in [-0.05, 0) is 54.1 Å². The second-order valence-electron chi connectivity index (χ2n) is 6.00. The number of anilines is 1. The van der Waals surface area contributed by atoms with Crippen LogP contribution in [0.1, 0.15) is 15.9 Å². The molecule has 0 unspecified atom stereocenters. The van der Waals surface area contributed by atoms with Gasteiger partial charge >= 0.3 is 0 Å². The fourth-order valence-corrected chi connectivity index (χ4v) is 3.30. The van der Waals surface area contributed by atoms with E-state index in [2.05, 4.69) is 4.98 Å². The molecule has 2 aromatic carbocycles. The minimum Gasteiger partial charge on any atom is -0.288 e. The van der Waals surface area contributed by atoms with Crippen molar-refractivity contribution in [2.45, 2.75) is 11.4 Å². The van der Waals surface area contributed by atoms with Crippen molar-refractivity contribution in [3.8, 4) is 0 Å². The van der Waals surface area contributed by atoms with Crippen LogP contribution in [-0.4, -0.2) is 25.6 Å². The van der Waals surface area contributed by atoms with Crippen molar-refractivity contribution >= 4 is 33.2 Å². The van der Waals surface area contributed by atoms with Crippen molar-refractivity contribution in [1.29, 1.82) is 0 Å². The van der Waals surface area contributed by atoms with Gasteiger partial charge in [0.1, 0.15) is 5.82 Å². The summed E-state index contributed by atoms with van der Waals surface area (Å²) in [6.07, 6.45) is 2.77. The van der Waals surface area contributed by atoms with E-state index in [0.29, 0.717) is 16.4 Å². The van der Waals surface area contributed by atoms with Gasteiger partial charge in [-0.15, -0.1) is 0 Å². The molecular formula is C20H17ClN2O3S. The number of benzene rings is 2. The topological polar surface area (TPSA) is 67.3 Å². The molecule has 1 amide bonds. The van der Waals surface area contributed by atoms with Gasteiger partial charge in [-0.1, -0.05) is 29.8 Å². The van der Waals surface area contributed by atoms with Crippen LogP contribution in [0.25, 0.3) is 0 Å². The summed E-state index contributed by atoms with van der Waals surface area (Å²) < 4.78 is 23.2. The van der Waals surface area contributed by atoms with Crippen molar-refractivity contribution in [2.24, 2.45) is 0 Å². The maximum atomic E-state index is 13.0. The number of nitrogens with zero attached hydrogens (tertiary/aromatic N) is 2. The summed E-state index contributed by atoms with van der Waals surface area (Å²) in [5, 5.41) is 0.548. The van der Waals surface area contributed by atoms with E-state index in [1.54, 1.807) is 65.7 Å². The van der Waals surface area contributed by atoms with E-state index in [1.165, 1.54) is 12.1 Å². The third-order valence-corrected chi connectivity index (χ3v) is 5.33. The molecule has 3 aromatic rings. The van der Waals surface area contributed by atoms with Gasteiger partial charge in [-0.3, -0.25) is 9.69 Å². The zero-order valence-electron chi connectivity index (χ0n) is 14.5. The molecule has 0 fully saturated rings. The van der Waals surface area contributed by atoms with Gasteiger partial charge in [-0.2, -0.15) is 0 Å². The number of halogens is 1. The van der Waals surface area contributed by atoms with E-state index in [9.17, 15) is 13.2 Å². The lowest BCUT2D eigenvalue weighted by Gasteiger charge is -2.22. The molecule has 0 aliphatic carbocycles. The van der Waals surface area contributed by atoms with Crippen LogP contribution in [0.2, 0.25) is 5.02 Å². The minimum absolute atomic E-state index is 0.224. The van der Waals surface area contributed by atoms with Crippen LogP contribution in [-0.2, 0) is 16.4 Å². The molecule has 0 bridgehead atoms. The van der Waals surface area contributed by atoms with Gasteiger partial charge in [0.15, 0.2) is 9.84 Å². The molecule has 7 heteroatoms. The molecule has 0 N–H and O–H groups in total. The number of aromatic nitrogens is 1. The molecule has 0 aliphatic rings. The third kappa shape index (κ3) is 4.72. The average Bonchev–Trinajstić information content (AvgIpc) is 2.66. The monoisotopic (exact) mass is 400 g/mol. The van der Waals surface area contributed by atoms with Gasteiger partial charge in [0.25, 0.3) is 5.91 Å². The Bertz CT molecular complexity index is 1030. The highest BCUT2D eigenvalue weighted by atomic mass is 35.5. The number of hydrogen-bond donors (Lipinski definition) is 0. The van der Waals surface area contributed by atoms with Gasteiger partial charge in [0.2, 0.25) is 0 Å². The Hall–Kier alpha value is -2.70. The molecule has 1 heterocycles. The summed E-state index contributed by atoms with van der Waals surface area (Å²) in [4.78, 5) is 19.1. The first-order chi connectivity index (χ1) is 12.8. The number of amides is 1. The highest BCUT2D eigenvalue weighted by Gasteiger charge is 2.19. The lowest BCUT2D eigenvalue weighted by molar-refractivity contribution is 0.0984. The van der Waals surface area contributed by atoms with Crippen LogP contribution >= 0.6 is 11.6 Å². The highest BCUT2D eigenvalue weighted by molar-refractivity contribution is 7.90. The first kappa shape index (κ1) is 19.1. The third-order valence-electron chi connectivity index (χ3n) is 3.95. The molecule has 0 radical (unpaired) electrons. The maximum Gasteiger partial charge on any atom is 0.259 e. The number of carbonyl (C=O) groups excluding carboxylic acids is 1. The summed E-state index contributed by atoms with van der Waals surface area (Å²) in [7, 11) is -3.27. The van der Waals surface area contributed by atoms with E-state index >= 15 is 0 Å². The lowest BCUT2D eigenvalue weighted by Crippen LogP contribution is -2.31. The zero-order valence-corrected chi connectivity index (χ0v) is 16.1. The Morgan fingerprint density at radius 1 is 1.00 bits per heavy atom. The Kier molecular flexibility index (Phi) is 5.58. The van der Waals surface area contributed by atoms with Gasteiger partial charge in [0, 0.05) is 23.0 Å². The Balaban J connectivity index is 1.93. The number of carbonyl (C=O) groups is 1. The standard InChI is InChI=1S/C20H17ClN2O3S/c1-27(25,26)18-11-5-15(6-12-18)14-23(19-4-2-3-13-22-19)20(24)16-7-9-17(21)10-8-16/h2-13H,14H2,1H3. The molecule has 0 atom stereocenters. The molecule has 0 aliphatic heterocycles. The van der Waals surface area contributed by atoms with Crippen LogP contribution in [0.5, 0.6) is 0 Å². The number of rotatable bonds is 5. The molecule has 138 valence electrons. The Morgan fingerprint density at radius 2 is 1.67 bits per heavy atom. The van der Waals surface area contributed by atoms with E-state index in [0.717, 1.165) is 11.8 Å². The second-order valence-corrected chi connectivity index (χ2v) is 8.45. The van der Waals surface area contributed by atoms with E-state index in [1.807, 2.05) is 0 Å². The summed E-state index contributed by atoms with van der Waals surface area (Å²) in [5.74, 6) is 0.280. The van der Waals surface area contributed by atoms with Crippen molar-refractivity contribution in [2.75, 3.05) is 11.2 Å². The number of sulfone groups is 1. The first-order valence-electron chi connectivity index (χ1n) is 8.12. The summed E-state index contributed by atoms with van der Waals surface area (Å²) >= 11 is 5.91. The van der Waals surface area contributed by atoms with Crippen molar-refractivity contribution in [1.82, 2.24) is 4.98 Å². The van der Waals surface area contributed by atoms with E-state index < -0.39 is 9.84 Å². The fourth-order valence-electron chi connectivity index (χ4n) is 2.54. The summed E-state index contributed by atoms with van der Waals surface area (Å²) in [6, 6.07) is 18.4. The highest BCUT2D eigenvalue weighted by Crippen LogP contribution is 2.20. The predicted octanol–water partition coefficient (Wildman–Crippen LogP) is 3.99. The Morgan fingerprint density at radius 3 is 2.22 bits per heavy atom. The maximum absolute atomic E-state index is 13.0. The number of hydrogen-bond acceptors (Lipinski definition) is 4. The van der Waals surface area contributed by atoms with Crippen LogP contribution in [0.15, 0.2) is 77.8 Å². The molecule has 5 nitrogen and oxygen atoms in total. The predicted molar refractivity (Wildman–Crippen MR) is 106 cm³/mol. The summed E-state index contributed by atoms with van der Waals surface area (Å²) in [6.45, 7) is 0.252. The Labute approximate surface area is 163 Å². The SMILES string of the molecule is CS(=O)(=O)c1ccc(CN(C(=O)c2ccc(Cl)cc2)c2ccccn2)cc1. The van der Waals surface area contributed by atoms with Crippen molar-refractivity contribution < 1.29 is 13.2 Å². The molecule has 27 heavy (non-hydrogen) atoms. The molecule has 0 saturated heterocycles. The fraction of sp³-hybridized carbons (Fsp3) is 0.100. The van der Waals surface area contributed by atoms with Crippen LogP contribution < -0.4 is 4.90 Å². The van der Waals surface area contributed by atoms with Crippen molar-refractivity contribution in [3.63, 3.8) is 0 Å². The van der Waals surface area contributed by atoms with E-state index in [-0.39, 0.29) is 17.3 Å². The van der Waals surface area contributed by atoms with Crippen molar-refractivity contribution in [3.05, 3.63) is 89.1 Å². The zero-order chi connectivity index (χ0) is 19.4. The number of pyridine rings is 1. The largest absolute Gasteiger partial charge is 0.288 e. The summed E-state index contributed by atoms with van der Waals surface area (Å²) in [5.41, 5.74) is 1.27. The quantitative estimate of drug-likeness (QED) is 0.649. The van der Waals surface area contributed by atoms with Gasteiger partial charge in [0.05, 0.1) is 11.4 Å². The lowest BCUT2D eigenvalue weighted by atomic mass is 10.1. The second kappa shape index (κ2) is 7.90.